The SMILES string of the molecule is CCCCCCCC(=O)[O-].O.[Nd+3]. The van der Waals surface area contributed by atoms with Crippen molar-refractivity contribution in [3.8, 4) is 0 Å². The average Bonchev–Trinajstić information content (AvgIpc) is 1.87. The van der Waals surface area contributed by atoms with Crippen LogP contribution in [-0.2, 0) is 4.79 Å². The van der Waals surface area contributed by atoms with Crippen molar-refractivity contribution in [3.63, 3.8) is 0 Å². The first-order valence-corrected chi connectivity index (χ1v) is 3.97. The van der Waals surface area contributed by atoms with Crippen molar-refractivity contribution in [1.82, 2.24) is 0 Å². The third-order valence-electron chi connectivity index (χ3n) is 1.48. The van der Waals surface area contributed by atoms with E-state index in [1.165, 1.54) is 12.8 Å². The fourth-order valence-corrected chi connectivity index (χ4v) is 0.873. The van der Waals surface area contributed by atoms with Gasteiger partial charge in [0.2, 0.25) is 0 Å². The molecule has 0 aliphatic rings. The van der Waals surface area contributed by atoms with Crippen LogP contribution in [0.3, 0.4) is 0 Å². The van der Waals surface area contributed by atoms with Gasteiger partial charge in [-0.1, -0.05) is 32.6 Å². The molecule has 0 aliphatic carbocycles. The van der Waals surface area contributed by atoms with Gasteiger partial charge in [-0.25, -0.2) is 0 Å². The summed E-state index contributed by atoms with van der Waals surface area (Å²) in [5.41, 5.74) is 0. The maximum atomic E-state index is 9.92. The van der Waals surface area contributed by atoms with E-state index in [0.29, 0.717) is 0 Å². The van der Waals surface area contributed by atoms with Crippen molar-refractivity contribution in [1.29, 1.82) is 0 Å². The monoisotopic (exact) mass is 303 g/mol. The number of hydrogen-bond acceptors (Lipinski definition) is 2. The second kappa shape index (κ2) is 14.3. The Labute approximate surface area is 107 Å². The molecule has 0 aromatic carbocycles. The van der Waals surface area contributed by atoms with Gasteiger partial charge in [0.05, 0.1) is 0 Å². The van der Waals surface area contributed by atoms with E-state index in [4.69, 9.17) is 0 Å². The van der Waals surface area contributed by atoms with Gasteiger partial charge in [0, 0.05) is 5.97 Å². The Balaban J connectivity index is -0.000000405. The van der Waals surface area contributed by atoms with E-state index in [1.54, 1.807) is 0 Å². The zero-order valence-electron chi connectivity index (χ0n) is 7.56. The molecule has 0 saturated carbocycles. The summed E-state index contributed by atoms with van der Waals surface area (Å²) in [4.78, 5) is 9.92. The fourth-order valence-electron chi connectivity index (χ4n) is 0.873. The normalized spacial score (nSPS) is 8.08. The number of rotatable bonds is 6. The van der Waals surface area contributed by atoms with Crippen LogP contribution in [0.25, 0.3) is 0 Å². The van der Waals surface area contributed by atoms with E-state index >= 15 is 0 Å². The summed E-state index contributed by atoms with van der Waals surface area (Å²) in [6.07, 6.45) is 5.61. The molecule has 69 valence electrons. The Morgan fingerprint density at radius 3 is 2.08 bits per heavy atom. The van der Waals surface area contributed by atoms with Gasteiger partial charge >= 0.3 is 40.8 Å². The Morgan fingerprint density at radius 2 is 1.67 bits per heavy atom. The number of carboxylic acid groups (broad SMARTS) is 1. The molecule has 0 spiro atoms. The largest absolute Gasteiger partial charge is 3.00 e. The summed E-state index contributed by atoms with van der Waals surface area (Å²) < 4.78 is 0. The molecule has 0 atom stereocenters. The number of unbranched alkanes of at least 4 members (excludes halogenated alkanes) is 4. The van der Waals surface area contributed by atoms with Crippen LogP contribution in [0.1, 0.15) is 45.4 Å². The average molecular weight is 305 g/mol. The van der Waals surface area contributed by atoms with Crippen molar-refractivity contribution >= 4 is 5.97 Å². The van der Waals surface area contributed by atoms with Gasteiger partial charge in [0.15, 0.2) is 0 Å². The topological polar surface area (TPSA) is 71.6 Å². The van der Waals surface area contributed by atoms with Crippen LogP contribution in [0.2, 0.25) is 0 Å². The molecule has 1 radical (unpaired) electrons. The van der Waals surface area contributed by atoms with Gasteiger partial charge in [-0.05, 0) is 12.8 Å². The van der Waals surface area contributed by atoms with E-state index in [0.717, 1.165) is 19.3 Å². The summed E-state index contributed by atoms with van der Waals surface area (Å²) in [5, 5.41) is 9.92. The van der Waals surface area contributed by atoms with E-state index in [2.05, 4.69) is 6.92 Å². The van der Waals surface area contributed by atoms with Gasteiger partial charge in [-0.3, -0.25) is 0 Å². The fraction of sp³-hybridized carbons (Fsp3) is 0.875. The third-order valence-corrected chi connectivity index (χ3v) is 1.48. The standard InChI is InChI=1S/C8H16O2.Nd.H2O/c1-2-3-4-5-6-7-8(9)10;;/h2-7H2,1H3,(H,9,10);;1H2/q;+3;/p-1. The second-order valence-electron chi connectivity index (χ2n) is 2.54. The van der Waals surface area contributed by atoms with Gasteiger partial charge in [0.1, 0.15) is 0 Å². The van der Waals surface area contributed by atoms with Crippen molar-refractivity contribution in [2.75, 3.05) is 0 Å². The Morgan fingerprint density at radius 1 is 1.17 bits per heavy atom. The second-order valence-corrected chi connectivity index (χ2v) is 2.54. The van der Waals surface area contributed by atoms with Crippen molar-refractivity contribution in [2.24, 2.45) is 0 Å². The van der Waals surface area contributed by atoms with E-state index in [9.17, 15) is 9.90 Å². The first-order valence-electron chi connectivity index (χ1n) is 3.97. The number of carboxylic acids is 1. The van der Waals surface area contributed by atoms with Crippen molar-refractivity contribution < 1.29 is 56.2 Å². The molecule has 0 amide bonds. The molecular weight excluding hydrogens is 288 g/mol. The van der Waals surface area contributed by atoms with Crippen LogP contribution < -0.4 is 5.11 Å². The number of hydrogen-bond donors (Lipinski definition) is 0. The smallest absolute Gasteiger partial charge is 0.550 e. The number of aliphatic carboxylic acids is 1. The summed E-state index contributed by atoms with van der Waals surface area (Å²) in [6, 6.07) is 0. The first kappa shape index (κ1) is 18.5. The third kappa shape index (κ3) is 17.0. The minimum Gasteiger partial charge on any atom is -0.550 e. The van der Waals surface area contributed by atoms with Crippen molar-refractivity contribution in [3.05, 3.63) is 0 Å². The molecule has 0 aromatic heterocycles. The molecule has 0 aromatic rings. The van der Waals surface area contributed by atoms with Crippen molar-refractivity contribution in [2.45, 2.75) is 45.4 Å². The zero-order chi connectivity index (χ0) is 7.82. The van der Waals surface area contributed by atoms with Gasteiger partial charge in [-0.15, -0.1) is 0 Å². The molecule has 0 saturated heterocycles. The van der Waals surface area contributed by atoms with Gasteiger partial charge in [-0.2, -0.15) is 0 Å². The summed E-state index contributed by atoms with van der Waals surface area (Å²) in [7, 11) is 0. The molecule has 12 heavy (non-hydrogen) atoms. The summed E-state index contributed by atoms with van der Waals surface area (Å²) in [6.45, 7) is 2.14. The minimum atomic E-state index is -0.920. The molecule has 4 heteroatoms. The van der Waals surface area contributed by atoms with Crippen LogP contribution in [0.15, 0.2) is 0 Å². The molecule has 0 rings (SSSR count). The molecule has 0 bridgehead atoms. The van der Waals surface area contributed by atoms with Crippen LogP contribution in [0, 0.1) is 40.8 Å². The molecular formula is C8H17NdO3+2. The van der Waals surface area contributed by atoms with Crippen LogP contribution in [0.5, 0.6) is 0 Å². The zero-order valence-corrected chi connectivity index (χ0v) is 10.8. The molecule has 0 fully saturated rings. The van der Waals surface area contributed by atoms with E-state index in [1.807, 2.05) is 0 Å². The van der Waals surface area contributed by atoms with Crippen LogP contribution in [0.4, 0.5) is 0 Å². The minimum absolute atomic E-state index is 0. The van der Waals surface area contributed by atoms with E-state index in [-0.39, 0.29) is 52.7 Å². The molecule has 0 heterocycles. The Hall–Kier alpha value is 0.781. The Kier molecular flexibility index (Phi) is 22.1. The molecule has 2 N–H and O–H groups in total. The maximum Gasteiger partial charge on any atom is 3.00 e. The molecule has 0 aliphatic heterocycles. The number of carbonyl (C=O) groups is 1. The van der Waals surface area contributed by atoms with Gasteiger partial charge < -0.3 is 15.4 Å². The summed E-state index contributed by atoms with van der Waals surface area (Å²) in [5.74, 6) is -0.920. The van der Waals surface area contributed by atoms with E-state index < -0.39 is 5.97 Å². The predicted octanol–water partition coefficient (Wildman–Crippen LogP) is 0.272. The Bertz CT molecular complexity index is 96.3. The molecule has 0 unspecified atom stereocenters. The van der Waals surface area contributed by atoms with Crippen LogP contribution in [-0.4, -0.2) is 11.4 Å². The quantitative estimate of drug-likeness (QED) is 0.661. The summed E-state index contributed by atoms with van der Waals surface area (Å²) >= 11 is 0. The van der Waals surface area contributed by atoms with Gasteiger partial charge in [0.25, 0.3) is 0 Å². The maximum absolute atomic E-state index is 9.92. The molecule has 3 nitrogen and oxygen atoms in total. The predicted molar refractivity (Wildman–Crippen MR) is 42.0 cm³/mol. The number of carbonyl (C=O) groups excluding carboxylic acids is 1. The first-order chi connectivity index (χ1) is 4.77. The van der Waals surface area contributed by atoms with Crippen LogP contribution >= 0.6 is 0 Å².